The van der Waals surface area contributed by atoms with Crippen molar-refractivity contribution in [1.29, 1.82) is 5.26 Å². The van der Waals surface area contributed by atoms with Crippen LogP contribution in [0.5, 0.6) is 0 Å². The first-order valence-electron chi connectivity index (χ1n) is 12.6. The minimum Gasteiger partial charge on any atom is -0.366 e. The molecule has 0 atom stereocenters. The van der Waals surface area contributed by atoms with Gasteiger partial charge in [0, 0.05) is 56.7 Å². The van der Waals surface area contributed by atoms with Crippen LogP contribution in [0.15, 0.2) is 97.1 Å². The first kappa shape index (κ1) is 22.0. The lowest BCUT2D eigenvalue weighted by molar-refractivity contribution is 1.08. The fourth-order valence-corrected chi connectivity index (χ4v) is 5.17. The molecule has 0 aliphatic rings. The van der Waals surface area contributed by atoms with Crippen molar-refractivity contribution >= 4 is 55.2 Å². The average molecular weight is 493 g/mol. The van der Waals surface area contributed by atoms with Gasteiger partial charge in [-0.2, -0.15) is 5.26 Å². The molecule has 0 amide bonds. The molecule has 0 aliphatic carbocycles. The molecule has 3 aromatic heterocycles. The molecule has 0 radical (unpaired) electrons. The van der Waals surface area contributed by atoms with Gasteiger partial charge >= 0.3 is 0 Å². The van der Waals surface area contributed by atoms with Gasteiger partial charge in [0.15, 0.2) is 0 Å². The second kappa shape index (κ2) is 8.99. The summed E-state index contributed by atoms with van der Waals surface area (Å²) < 4.78 is 0. The lowest BCUT2D eigenvalue weighted by Gasteiger charge is -2.11. The molecule has 6 nitrogen and oxygen atoms in total. The van der Waals surface area contributed by atoms with Crippen molar-refractivity contribution in [2.24, 2.45) is 0 Å². The highest BCUT2D eigenvalue weighted by Crippen LogP contribution is 2.28. The zero-order chi connectivity index (χ0) is 25.5. The lowest BCUT2D eigenvalue weighted by atomic mass is 10.1. The summed E-state index contributed by atoms with van der Waals surface area (Å²) in [5.41, 5.74) is 7.31. The van der Waals surface area contributed by atoms with Crippen molar-refractivity contribution in [2.75, 3.05) is 10.6 Å². The molecule has 3 heterocycles. The maximum Gasteiger partial charge on any atom is 0.146 e. The Hall–Kier alpha value is -5.28. The molecule has 0 saturated carbocycles. The molecule has 38 heavy (non-hydrogen) atoms. The zero-order valence-electron chi connectivity index (χ0n) is 20.5. The Labute approximate surface area is 218 Å². The number of H-pyrrole nitrogens is 2. The first-order chi connectivity index (χ1) is 18.7. The predicted octanol–water partition coefficient (Wildman–Crippen LogP) is 7.45. The SMILES string of the molecule is N#Cc1ccc(NCc2ccc3[nH]c4ccccc4c3c2)nc1NCc1ccc2[nH]c3ccccc3c2c1. The van der Waals surface area contributed by atoms with Gasteiger partial charge in [-0.1, -0.05) is 48.5 Å². The van der Waals surface area contributed by atoms with Gasteiger partial charge in [0.05, 0.1) is 5.56 Å². The van der Waals surface area contributed by atoms with E-state index in [4.69, 9.17) is 4.98 Å². The predicted molar refractivity (Wildman–Crippen MR) is 155 cm³/mol. The van der Waals surface area contributed by atoms with E-state index in [1.54, 1.807) is 0 Å². The number of nitriles is 1. The highest BCUT2D eigenvalue weighted by molar-refractivity contribution is 6.08. The number of benzene rings is 4. The summed E-state index contributed by atoms with van der Waals surface area (Å²) in [5, 5.41) is 21.3. The van der Waals surface area contributed by atoms with E-state index in [2.05, 4.69) is 99.5 Å². The van der Waals surface area contributed by atoms with Gasteiger partial charge in [-0.05, 0) is 59.7 Å². The maximum absolute atomic E-state index is 9.66. The molecule has 0 unspecified atom stereocenters. The number of hydrogen-bond donors (Lipinski definition) is 4. The van der Waals surface area contributed by atoms with E-state index < -0.39 is 0 Å². The third kappa shape index (κ3) is 3.87. The number of fused-ring (bicyclic) bond motifs is 6. The Morgan fingerprint density at radius 3 is 1.76 bits per heavy atom. The van der Waals surface area contributed by atoms with Crippen LogP contribution in [0.3, 0.4) is 0 Å². The smallest absolute Gasteiger partial charge is 0.146 e. The zero-order valence-corrected chi connectivity index (χ0v) is 20.5. The summed E-state index contributed by atoms with van der Waals surface area (Å²) in [4.78, 5) is 11.7. The number of nitrogens with zero attached hydrogens (tertiary/aromatic N) is 2. The molecule has 6 heteroatoms. The van der Waals surface area contributed by atoms with E-state index in [1.165, 1.54) is 21.5 Å². The van der Waals surface area contributed by atoms with E-state index in [0.717, 1.165) is 39.0 Å². The summed E-state index contributed by atoms with van der Waals surface area (Å²) in [7, 11) is 0. The quantitative estimate of drug-likeness (QED) is 0.194. The average Bonchev–Trinajstić information content (AvgIpc) is 3.52. The molecule has 7 rings (SSSR count). The molecule has 7 aromatic rings. The monoisotopic (exact) mass is 492 g/mol. The summed E-state index contributed by atoms with van der Waals surface area (Å²) in [6, 6.07) is 35.4. The molecule has 0 aliphatic heterocycles. The minimum absolute atomic E-state index is 0.518. The van der Waals surface area contributed by atoms with Crippen LogP contribution in [-0.2, 0) is 13.1 Å². The highest BCUT2D eigenvalue weighted by Gasteiger charge is 2.09. The molecule has 182 valence electrons. The summed E-state index contributed by atoms with van der Waals surface area (Å²) in [5.74, 6) is 1.29. The van der Waals surface area contributed by atoms with Gasteiger partial charge in [-0.15, -0.1) is 0 Å². The van der Waals surface area contributed by atoms with E-state index in [0.29, 0.717) is 24.5 Å². The highest BCUT2D eigenvalue weighted by atomic mass is 15.1. The van der Waals surface area contributed by atoms with Crippen LogP contribution in [0, 0.1) is 11.3 Å². The number of hydrogen-bond acceptors (Lipinski definition) is 4. The molecule has 4 N–H and O–H groups in total. The van der Waals surface area contributed by atoms with Crippen molar-refractivity contribution in [2.45, 2.75) is 13.1 Å². The van der Waals surface area contributed by atoms with E-state index >= 15 is 0 Å². The fraction of sp³-hybridized carbons (Fsp3) is 0.0625. The van der Waals surface area contributed by atoms with Crippen LogP contribution in [0.4, 0.5) is 11.6 Å². The van der Waals surface area contributed by atoms with Gasteiger partial charge in [0.2, 0.25) is 0 Å². The van der Waals surface area contributed by atoms with Crippen molar-refractivity contribution in [3.63, 3.8) is 0 Å². The maximum atomic E-state index is 9.66. The third-order valence-electron chi connectivity index (χ3n) is 7.09. The van der Waals surface area contributed by atoms with E-state index in [-0.39, 0.29) is 0 Å². The fourth-order valence-electron chi connectivity index (χ4n) is 5.17. The molecule has 0 spiro atoms. The number of rotatable bonds is 6. The van der Waals surface area contributed by atoms with Crippen LogP contribution < -0.4 is 10.6 Å². The van der Waals surface area contributed by atoms with E-state index in [9.17, 15) is 5.26 Å². The molecule has 0 bridgehead atoms. The van der Waals surface area contributed by atoms with Crippen LogP contribution in [0.2, 0.25) is 0 Å². The molecule has 0 fully saturated rings. The standard InChI is InChI=1S/C32H24N6/c33-17-22-11-14-31(34-18-20-9-12-29-25(15-20)23-5-1-3-7-27(23)36-29)38-32(22)35-19-21-10-13-30-26(16-21)24-6-2-4-8-28(24)37-30/h1-16,36-37H,18-19H2,(H2,34,35,38). The summed E-state index contributed by atoms with van der Waals surface area (Å²) in [6.07, 6.45) is 0. The van der Waals surface area contributed by atoms with Crippen LogP contribution >= 0.6 is 0 Å². The van der Waals surface area contributed by atoms with Gasteiger partial charge in [0.1, 0.15) is 17.7 Å². The summed E-state index contributed by atoms with van der Waals surface area (Å²) >= 11 is 0. The van der Waals surface area contributed by atoms with E-state index in [1.807, 2.05) is 24.3 Å². The molecule has 4 aromatic carbocycles. The molecule has 0 saturated heterocycles. The van der Waals surface area contributed by atoms with Crippen molar-refractivity contribution < 1.29 is 0 Å². The number of nitrogens with one attached hydrogen (secondary N) is 4. The Balaban J connectivity index is 1.10. The van der Waals surface area contributed by atoms with Gasteiger partial charge < -0.3 is 20.6 Å². The largest absolute Gasteiger partial charge is 0.366 e. The Morgan fingerprint density at radius 1 is 0.605 bits per heavy atom. The number of anilines is 2. The number of aromatic nitrogens is 3. The third-order valence-corrected chi connectivity index (χ3v) is 7.09. The van der Waals surface area contributed by atoms with Crippen LogP contribution in [-0.4, -0.2) is 15.0 Å². The lowest BCUT2D eigenvalue weighted by Crippen LogP contribution is -2.07. The molecular formula is C32H24N6. The second-order valence-electron chi connectivity index (χ2n) is 9.51. The van der Waals surface area contributed by atoms with Crippen molar-refractivity contribution in [3.05, 3.63) is 114 Å². The Bertz CT molecular complexity index is 2010. The number of aromatic amines is 2. The van der Waals surface area contributed by atoms with Gasteiger partial charge in [-0.25, -0.2) is 4.98 Å². The Kier molecular flexibility index (Phi) is 5.19. The first-order valence-corrected chi connectivity index (χ1v) is 12.6. The second-order valence-corrected chi connectivity index (χ2v) is 9.51. The summed E-state index contributed by atoms with van der Waals surface area (Å²) in [6.45, 7) is 1.20. The number of para-hydroxylation sites is 2. The van der Waals surface area contributed by atoms with Crippen LogP contribution in [0.25, 0.3) is 43.6 Å². The van der Waals surface area contributed by atoms with Crippen molar-refractivity contribution in [1.82, 2.24) is 15.0 Å². The topological polar surface area (TPSA) is 92.3 Å². The van der Waals surface area contributed by atoms with Crippen molar-refractivity contribution in [3.8, 4) is 6.07 Å². The molecular weight excluding hydrogens is 468 g/mol. The minimum atomic E-state index is 0.518. The number of pyridine rings is 1. The Morgan fingerprint density at radius 2 is 1.16 bits per heavy atom. The van der Waals surface area contributed by atoms with Gasteiger partial charge in [-0.3, -0.25) is 0 Å². The van der Waals surface area contributed by atoms with Gasteiger partial charge in [0.25, 0.3) is 0 Å². The normalized spacial score (nSPS) is 11.3. The van der Waals surface area contributed by atoms with Crippen LogP contribution in [0.1, 0.15) is 16.7 Å².